The molecule has 7 aromatic carbocycles. The number of fused-ring (bicyclic) bond motifs is 10. The van der Waals surface area contributed by atoms with E-state index in [0.717, 1.165) is 0 Å². The lowest BCUT2D eigenvalue weighted by Gasteiger charge is -2.12. The first-order chi connectivity index (χ1) is 18.9. The Morgan fingerprint density at radius 2 is 1.03 bits per heavy atom. The summed E-state index contributed by atoms with van der Waals surface area (Å²) in [7, 11) is 0. The smallest absolute Gasteiger partial charge is 0.0627 e. The fourth-order valence-electron chi connectivity index (χ4n) is 7.20. The molecule has 10 aromatic rings. The number of thiophene rings is 1. The molecule has 0 fully saturated rings. The minimum absolute atomic E-state index is 1.28. The zero-order chi connectivity index (χ0) is 24.5. The molecule has 0 aliphatic heterocycles. The van der Waals surface area contributed by atoms with Gasteiger partial charge in [-0.05, 0) is 33.7 Å². The summed E-state index contributed by atoms with van der Waals surface area (Å²) in [5.74, 6) is 0. The molecule has 0 saturated carbocycles. The van der Waals surface area contributed by atoms with Crippen molar-refractivity contribution in [3.05, 3.63) is 115 Å². The molecule has 0 bridgehead atoms. The number of nitrogens with zero attached hydrogens (tertiary/aromatic N) is 1. The molecule has 0 radical (unpaired) electrons. The van der Waals surface area contributed by atoms with Gasteiger partial charge in [-0.2, -0.15) is 0 Å². The number of para-hydroxylation sites is 1. The number of hydrogen-bond donors (Lipinski definition) is 0. The normalized spacial score (nSPS) is 12.7. The van der Waals surface area contributed by atoms with Crippen molar-refractivity contribution < 1.29 is 0 Å². The van der Waals surface area contributed by atoms with Gasteiger partial charge >= 0.3 is 0 Å². The lowest BCUT2D eigenvalue weighted by molar-refractivity contribution is 1.37. The fraction of sp³-hybridized carbons (Fsp3) is 0. The van der Waals surface area contributed by atoms with E-state index in [0.29, 0.717) is 0 Å². The van der Waals surface area contributed by atoms with Gasteiger partial charge in [0.05, 0.1) is 16.6 Å². The molecule has 0 atom stereocenters. The van der Waals surface area contributed by atoms with Gasteiger partial charge in [-0.1, -0.05) is 103 Å². The van der Waals surface area contributed by atoms with Crippen LogP contribution in [0.4, 0.5) is 0 Å². The highest BCUT2D eigenvalue weighted by Gasteiger charge is 2.25. The second kappa shape index (κ2) is 6.61. The highest BCUT2D eigenvalue weighted by molar-refractivity contribution is 7.26. The molecule has 0 amide bonds. The predicted octanol–water partition coefficient (Wildman–Crippen LogP) is 10.6. The molecule has 0 N–H and O–H groups in total. The number of aromatic nitrogens is 1. The Morgan fingerprint density at radius 1 is 0.395 bits per heavy atom. The lowest BCUT2D eigenvalue weighted by atomic mass is 9.91. The van der Waals surface area contributed by atoms with Crippen LogP contribution < -0.4 is 0 Å². The maximum Gasteiger partial charge on any atom is 0.0627 e. The van der Waals surface area contributed by atoms with Crippen LogP contribution in [0.25, 0.3) is 90.9 Å². The van der Waals surface area contributed by atoms with E-state index in [1.54, 1.807) is 0 Å². The summed E-state index contributed by atoms with van der Waals surface area (Å²) in [5.41, 5.74) is 6.60. The fourth-order valence-corrected chi connectivity index (χ4v) is 8.43. The molecule has 10 rings (SSSR count). The molecule has 0 spiro atoms. The Morgan fingerprint density at radius 3 is 1.87 bits per heavy atom. The van der Waals surface area contributed by atoms with E-state index in [9.17, 15) is 0 Å². The van der Waals surface area contributed by atoms with Crippen molar-refractivity contribution in [3.8, 4) is 11.1 Å². The summed E-state index contributed by atoms with van der Waals surface area (Å²) in [6, 6.07) is 42.9. The van der Waals surface area contributed by atoms with Crippen molar-refractivity contribution in [1.29, 1.82) is 0 Å². The first kappa shape index (κ1) is 19.5. The second-order valence-corrected chi connectivity index (χ2v) is 11.5. The molecule has 1 nitrogen and oxygen atoms in total. The Labute approximate surface area is 221 Å². The van der Waals surface area contributed by atoms with Crippen LogP contribution in [0.15, 0.2) is 115 Å². The Bertz CT molecular complexity index is 2560. The molecular weight excluding hydrogens is 478 g/mol. The van der Waals surface area contributed by atoms with Gasteiger partial charge in [-0.3, -0.25) is 0 Å². The average molecular weight is 498 g/mol. The van der Waals surface area contributed by atoms with Crippen molar-refractivity contribution in [1.82, 2.24) is 4.40 Å². The molecule has 0 unspecified atom stereocenters. The molecule has 38 heavy (non-hydrogen) atoms. The second-order valence-electron chi connectivity index (χ2n) is 10.4. The van der Waals surface area contributed by atoms with Crippen molar-refractivity contribution in [2.45, 2.75) is 0 Å². The van der Waals surface area contributed by atoms with Crippen LogP contribution in [0.2, 0.25) is 0 Å². The van der Waals surface area contributed by atoms with Crippen LogP contribution in [-0.4, -0.2) is 4.40 Å². The summed E-state index contributed by atoms with van der Waals surface area (Å²) in [6.07, 6.45) is 0. The minimum Gasteiger partial charge on any atom is -0.307 e. The molecule has 3 aromatic heterocycles. The van der Waals surface area contributed by atoms with Gasteiger partial charge in [-0.15, -0.1) is 11.3 Å². The van der Waals surface area contributed by atoms with E-state index in [1.807, 2.05) is 11.3 Å². The Balaban J connectivity index is 1.52. The topological polar surface area (TPSA) is 4.41 Å². The molecular formula is C36H19NS. The third-order valence-electron chi connectivity index (χ3n) is 8.69. The maximum atomic E-state index is 2.57. The summed E-state index contributed by atoms with van der Waals surface area (Å²) in [4.78, 5) is 0. The summed E-state index contributed by atoms with van der Waals surface area (Å²) >= 11 is 1.91. The van der Waals surface area contributed by atoms with E-state index in [1.165, 1.54) is 90.9 Å². The zero-order valence-electron chi connectivity index (χ0n) is 20.3. The summed E-state index contributed by atoms with van der Waals surface area (Å²) < 4.78 is 5.28. The Hall–Kier alpha value is -4.66. The van der Waals surface area contributed by atoms with Gasteiger partial charge in [0.1, 0.15) is 0 Å². The van der Waals surface area contributed by atoms with Gasteiger partial charge in [0.2, 0.25) is 0 Å². The molecule has 0 saturated heterocycles. The van der Waals surface area contributed by atoms with Crippen LogP contribution in [-0.2, 0) is 0 Å². The monoisotopic (exact) mass is 497 g/mol. The van der Waals surface area contributed by atoms with Gasteiger partial charge in [0, 0.05) is 52.8 Å². The molecule has 0 aliphatic rings. The highest BCUT2D eigenvalue weighted by atomic mass is 32.1. The third-order valence-corrected chi connectivity index (χ3v) is 9.91. The standard InChI is InChI=1S/C36H19NS/c1-2-9-21-20(8-1)24-16-18-26-22-10-3-5-14-30(22)37-34(26)32(24)33-25(21)17-19-27(35(33)37)29-13-7-12-28-23-11-4-6-15-31(23)38-36(28)29/h1-19H. The number of benzene rings is 7. The van der Waals surface area contributed by atoms with Gasteiger partial charge in [0.25, 0.3) is 0 Å². The van der Waals surface area contributed by atoms with Crippen LogP contribution in [0.3, 0.4) is 0 Å². The van der Waals surface area contributed by atoms with E-state index < -0.39 is 0 Å². The highest BCUT2D eigenvalue weighted by Crippen LogP contribution is 2.50. The quantitative estimate of drug-likeness (QED) is 0.199. The summed E-state index contributed by atoms with van der Waals surface area (Å²) in [6.45, 7) is 0. The first-order valence-corrected chi connectivity index (χ1v) is 13.9. The van der Waals surface area contributed by atoms with Gasteiger partial charge in [-0.25, -0.2) is 0 Å². The van der Waals surface area contributed by atoms with Crippen LogP contribution >= 0.6 is 11.3 Å². The largest absolute Gasteiger partial charge is 0.307 e. The molecule has 174 valence electrons. The van der Waals surface area contributed by atoms with Crippen molar-refractivity contribution in [2.75, 3.05) is 0 Å². The maximum absolute atomic E-state index is 2.57. The molecule has 0 aliphatic carbocycles. The number of rotatable bonds is 1. The van der Waals surface area contributed by atoms with Gasteiger partial charge in [0.15, 0.2) is 0 Å². The van der Waals surface area contributed by atoms with E-state index >= 15 is 0 Å². The van der Waals surface area contributed by atoms with E-state index in [4.69, 9.17) is 0 Å². The van der Waals surface area contributed by atoms with Crippen LogP contribution in [0.5, 0.6) is 0 Å². The molecule has 3 heterocycles. The predicted molar refractivity (Wildman–Crippen MR) is 166 cm³/mol. The van der Waals surface area contributed by atoms with E-state index in [-0.39, 0.29) is 0 Å². The zero-order valence-corrected chi connectivity index (χ0v) is 21.1. The Kier molecular flexibility index (Phi) is 3.38. The molecule has 2 heteroatoms. The van der Waals surface area contributed by atoms with Crippen LogP contribution in [0.1, 0.15) is 0 Å². The van der Waals surface area contributed by atoms with Crippen molar-refractivity contribution >= 4 is 91.1 Å². The van der Waals surface area contributed by atoms with Gasteiger partial charge < -0.3 is 4.40 Å². The third kappa shape index (κ3) is 2.13. The average Bonchev–Trinajstić information content (AvgIpc) is 3.64. The first-order valence-electron chi connectivity index (χ1n) is 13.1. The van der Waals surface area contributed by atoms with Crippen molar-refractivity contribution in [3.63, 3.8) is 0 Å². The minimum atomic E-state index is 1.28. The SMILES string of the molecule is c1ccc2c(c1)sc1c(-c3ccc4c5ccccc5c5ccc6c7ccccc7n7c3c4c5c67)cccc12. The lowest BCUT2D eigenvalue weighted by Crippen LogP contribution is -1.88. The summed E-state index contributed by atoms with van der Waals surface area (Å²) in [5, 5.41) is 13.5. The van der Waals surface area contributed by atoms with E-state index in [2.05, 4.69) is 120 Å². The van der Waals surface area contributed by atoms with Crippen molar-refractivity contribution in [2.24, 2.45) is 0 Å². The number of hydrogen-bond acceptors (Lipinski definition) is 1. The van der Waals surface area contributed by atoms with Crippen LogP contribution in [0, 0.1) is 0 Å².